The van der Waals surface area contributed by atoms with E-state index in [0.717, 1.165) is 11.1 Å². The predicted octanol–water partition coefficient (Wildman–Crippen LogP) is 5.95. The van der Waals surface area contributed by atoms with Crippen LogP contribution in [0, 0.1) is 0 Å². The number of nitrogens with one attached hydrogen (secondary N) is 1. The summed E-state index contributed by atoms with van der Waals surface area (Å²) in [6.45, 7) is 1.90. The highest BCUT2D eigenvalue weighted by Crippen LogP contribution is 2.37. The third-order valence-corrected chi connectivity index (χ3v) is 7.31. The Morgan fingerprint density at radius 1 is 1.05 bits per heavy atom. The van der Waals surface area contributed by atoms with Crippen molar-refractivity contribution in [3.8, 4) is 0 Å². The van der Waals surface area contributed by atoms with Gasteiger partial charge in [-0.05, 0) is 41.8 Å². The summed E-state index contributed by atoms with van der Waals surface area (Å²) >= 11 is 7.73. The molecule has 1 unspecified atom stereocenters. The first-order valence-corrected chi connectivity index (χ1v) is 13.1. The molecule has 5 rings (SSSR count). The largest absolute Gasteiger partial charge is 0.478 e. The van der Waals surface area contributed by atoms with Gasteiger partial charge in [-0.2, -0.15) is 4.98 Å². The zero-order chi connectivity index (χ0) is 26.6. The first kappa shape index (κ1) is 25.6. The van der Waals surface area contributed by atoms with Gasteiger partial charge in [0.1, 0.15) is 12.6 Å². The minimum atomic E-state index is -1.03. The Kier molecular flexibility index (Phi) is 7.48. The monoisotopic (exact) mass is 546 g/mol. The Morgan fingerprint density at radius 2 is 1.76 bits per heavy atom. The molecule has 0 amide bonds. The first-order chi connectivity index (χ1) is 18.4. The number of allylic oxidation sites excluding steroid dienone is 1. The number of nitrogens with zero attached hydrogens (tertiary/aromatic N) is 3. The van der Waals surface area contributed by atoms with Crippen LogP contribution in [0.1, 0.15) is 40.0 Å². The van der Waals surface area contributed by atoms with Gasteiger partial charge in [-0.3, -0.25) is 0 Å². The van der Waals surface area contributed by atoms with Crippen LogP contribution in [0.5, 0.6) is 0 Å². The van der Waals surface area contributed by atoms with Crippen LogP contribution in [-0.2, 0) is 21.9 Å². The number of hydrogen-bond acceptors (Lipinski definition) is 7. The number of benzene rings is 3. The molecule has 0 bridgehead atoms. The number of fused-ring (bicyclic) bond motifs is 1. The predicted molar refractivity (Wildman–Crippen MR) is 145 cm³/mol. The quantitative estimate of drug-likeness (QED) is 0.206. The number of rotatable bonds is 8. The molecule has 0 saturated heterocycles. The molecule has 1 atom stereocenters. The summed E-state index contributed by atoms with van der Waals surface area (Å²) < 4.78 is 7.32. The molecule has 2 heterocycles. The number of carbonyl (C=O) groups is 2. The molecule has 192 valence electrons. The molecular formula is C28H23ClN4O4S. The fourth-order valence-electron chi connectivity index (χ4n) is 4.13. The number of carbonyl (C=O) groups excluding carboxylic acids is 1. The number of thioether (sulfide) groups is 1. The highest BCUT2D eigenvalue weighted by Gasteiger charge is 2.35. The van der Waals surface area contributed by atoms with Gasteiger partial charge in [-0.15, -0.1) is 5.10 Å². The summed E-state index contributed by atoms with van der Waals surface area (Å²) in [5.41, 5.74) is 3.59. The number of carboxylic acid groups (broad SMARTS) is 1. The molecule has 0 spiro atoms. The molecule has 2 N–H and O–H groups in total. The zero-order valence-corrected chi connectivity index (χ0v) is 21.9. The average molecular weight is 547 g/mol. The molecular weight excluding hydrogens is 524 g/mol. The first-order valence-electron chi connectivity index (χ1n) is 11.8. The van der Waals surface area contributed by atoms with Gasteiger partial charge >= 0.3 is 11.9 Å². The summed E-state index contributed by atoms with van der Waals surface area (Å²) in [6, 6.07) is 22.7. The fourth-order valence-corrected chi connectivity index (χ4v) is 5.25. The maximum absolute atomic E-state index is 13.4. The van der Waals surface area contributed by atoms with Gasteiger partial charge in [0.2, 0.25) is 11.1 Å². The lowest BCUT2D eigenvalue weighted by atomic mass is 9.95. The maximum Gasteiger partial charge on any atom is 0.338 e. The summed E-state index contributed by atoms with van der Waals surface area (Å²) in [7, 11) is 0. The molecule has 1 aliphatic heterocycles. The Bertz CT molecular complexity index is 1520. The van der Waals surface area contributed by atoms with Gasteiger partial charge in [-0.25, -0.2) is 14.3 Å². The molecule has 38 heavy (non-hydrogen) atoms. The van der Waals surface area contributed by atoms with E-state index in [-0.39, 0.29) is 12.2 Å². The van der Waals surface area contributed by atoms with E-state index in [1.165, 1.54) is 23.9 Å². The van der Waals surface area contributed by atoms with E-state index in [0.29, 0.717) is 38.7 Å². The van der Waals surface area contributed by atoms with Crippen LogP contribution in [0.4, 0.5) is 5.95 Å². The number of hydrogen-bond donors (Lipinski definition) is 2. The van der Waals surface area contributed by atoms with E-state index in [1.807, 2.05) is 54.6 Å². The van der Waals surface area contributed by atoms with Gasteiger partial charge in [0.05, 0.1) is 11.1 Å². The van der Waals surface area contributed by atoms with Crippen molar-refractivity contribution in [2.24, 2.45) is 0 Å². The zero-order valence-electron chi connectivity index (χ0n) is 20.3. The molecule has 1 aliphatic rings. The fraction of sp³-hybridized carbons (Fsp3) is 0.143. The third kappa shape index (κ3) is 5.44. The Balaban J connectivity index is 1.47. The highest BCUT2D eigenvalue weighted by molar-refractivity contribution is 7.98. The smallest absolute Gasteiger partial charge is 0.338 e. The van der Waals surface area contributed by atoms with Crippen LogP contribution in [0.25, 0.3) is 0 Å². The molecule has 0 fully saturated rings. The lowest BCUT2D eigenvalue weighted by molar-refractivity contribution is -0.140. The van der Waals surface area contributed by atoms with Crippen LogP contribution in [-0.4, -0.2) is 31.8 Å². The summed E-state index contributed by atoms with van der Waals surface area (Å²) in [6.07, 6.45) is 0. The summed E-state index contributed by atoms with van der Waals surface area (Å²) in [5, 5.41) is 18.4. The van der Waals surface area contributed by atoms with Crippen molar-refractivity contribution in [1.29, 1.82) is 0 Å². The second-order valence-corrected chi connectivity index (χ2v) is 9.95. The molecule has 0 saturated carbocycles. The highest BCUT2D eigenvalue weighted by atomic mass is 35.5. The summed E-state index contributed by atoms with van der Waals surface area (Å²) in [5.74, 6) is -0.496. The minimum absolute atomic E-state index is 0.115. The second-order valence-electron chi connectivity index (χ2n) is 8.60. The molecule has 0 aliphatic carbocycles. The average Bonchev–Trinajstić information content (AvgIpc) is 3.33. The number of esters is 1. The van der Waals surface area contributed by atoms with Gasteiger partial charge in [0.25, 0.3) is 0 Å². The van der Waals surface area contributed by atoms with Crippen LogP contribution in [0.2, 0.25) is 5.02 Å². The van der Waals surface area contributed by atoms with Gasteiger partial charge in [0.15, 0.2) is 0 Å². The molecule has 10 heteroatoms. The van der Waals surface area contributed by atoms with Crippen LogP contribution in [0.15, 0.2) is 95.3 Å². The second kappa shape index (κ2) is 11.1. The Labute approximate surface area is 228 Å². The molecule has 0 radical (unpaired) electrons. The van der Waals surface area contributed by atoms with E-state index < -0.39 is 18.0 Å². The standard InChI is InChI=1S/C28H23ClN4O4S/c1-17-23(26(36)37-15-18-7-3-2-4-8-18)24(19-11-13-20(14-12-19)25(34)35)33-27(30-17)31-28(32-33)38-16-21-9-5-6-10-22(21)29/h2-14,24H,15-16H2,1H3,(H,34,35)(H,30,31,32). The number of anilines is 1. The van der Waals surface area contributed by atoms with E-state index in [1.54, 1.807) is 23.7 Å². The van der Waals surface area contributed by atoms with E-state index >= 15 is 0 Å². The van der Waals surface area contributed by atoms with Crippen molar-refractivity contribution in [2.45, 2.75) is 30.5 Å². The minimum Gasteiger partial charge on any atom is -0.478 e. The molecule has 8 nitrogen and oxygen atoms in total. The Morgan fingerprint density at radius 3 is 2.47 bits per heavy atom. The van der Waals surface area contributed by atoms with Crippen LogP contribution >= 0.6 is 23.4 Å². The van der Waals surface area contributed by atoms with Crippen molar-refractivity contribution in [1.82, 2.24) is 14.8 Å². The van der Waals surface area contributed by atoms with Gasteiger partial charge < -0.3 is 15.2 Å². The van der Waals surface area contributed by atoms with E-state index in [4.69, 9.17) is 21.4 Å². The lowest BCUT2D eigenvalue weighted by Crippen LogP contribution is -2.29. The van der Waals surface area contributed by atoms with Crippen molar-refractivity contribution in [3.05, 3.63) is 117 Å². The van der Waals surface area contributed by atoms with Crippen molar-refractivity contribution in [3.63, 3.8) is 0 Å². The topological polar surface area (TPSA) is 106 Å². The van der Waals surface area contributed by atoms with Gasteiger partial charge in [-0.1, -0.05) is 84.0 Å². The van der Waals surface area contributed by atoms with Crippen molar-refractivity contribution >= 4 is 41.2 Å². The molecule has 3 aromatic carbocycles. The number of aromatic carboxylic acids is 1. The lowest BCUT2D eigenvalue weighted by Gasteiger charge is -2.28. The molecule has 4 aromatic rings. The summed E-state index contributed by atoms with van der Waals surface area (Å²) in [4.78, 5) is 29.5. The number of carboxylic acids is 1. The number of halogens is 1. The Hall–Kier alpha value is -4.08. The van der Waals surface area contributed by atoms with Crippen molar-refractivity contribution in [2.75, 3.05) is 5.32 Å². The molecule has 1 aromatic heterocycles. The van der Waals surface area contributed by atoms with Crippen LogP contribution in [0.3, 0.4) is 0 Å². The van der Waals surface area contributed by atoms with Crippen LogP contribution < -0.4 is 5.32 Å². The number of aromatic nitrogens is 3. The maximum atomic E-state index is 13.4. The number of ether oxygens (including phenoxy) is 1. The third-order valence-electron chi connectivity index (χ3n) is 6.05. The van der Waals surface area contributed by atoms with E-state index in [2.05, 4.69) is 10.3 Å². The van der Waals surface area contributed by atoms with Gasteiger partial charge in [0, 0.05) is 16.5 Å². The van der Waals surface area contributed by atoms with Crippen molar-refractivity contribution < 1.29 is 19.4 Å². The SMILES string of the molecule is CC1=C(C(=O)OCc2ccccc2)C(c2ccc(C(=O)O)cc2)n2nc(SCc3ccccc3Cl)nc2N1. The normalized spacial score (nSPS) is 14.5. The van der Waals surface area contributed by atoms with E-state index in [9.17, 15) is 14.7 Å².